The highest BCUT2D eigenvalue weighted by Crippen LogP contribution is 2.33. The van der Waals surface area contributed by atoms with Crippen molar-refractivity contribution in [3.05, 3.63) is 58.6 Å². The molecular weight excluding hydrogens is 544 g/mol. The summed E-state index contributed by atoms with van der Waals surface area (Å²) in [5, 5.41) is 22.9. The topological polar surface area (TPSA) is 140 Å². The van der Waals surface area contributed by atoms with Gasteiger partial charge in [-0.3, -0.25) is 25.5 Å². The van der Waals surface area contributed by atoms with Gasteiger partial charge < -0.3 is 20.1 Å². The predicted molar refractivity (Wildman–Crippen MR) is 165 cm³/mol. The van der Waals surface area contributed by atoms with Gasteiger partial charge in [0, 0.05) is 29.2 Å². The molecule has 2 aromatic carbocycles. The minimum absolute atomic E-state index is 0.245. The van der Waals surface area contributed by atoms with Gasteiger partial charge in [-0.1, -0.05) is 30.7 Å². The Morgan fingerprint density at radius 1 is 1.17 bits per heavy atom. The highest BCUT2D eigenvalue weighted by molar-refractivity contribution is 6.31. The molecular formula is C30H41ClN6O4. The second-order valence-electron chi connectivity index (χ2n) is 10.2. The summed E-state index contributed by atoms with van der Waals surface area (Å²) in [4.78, 5) is 27.7. The van der Waals surface area contributed by atoms with E-state index in [1.807, 2.05) is 77.1 Å². The van der Waals surface area contributed by atoms with Crippen LogP contribution in [0.4, 0.5) is 10.5 Å². The standard InChI is InChI=1S/C27H34ClN5O3.C3H7NO/c1-6-22-25(30)33(17(2)29)23-13-12-20(35-15-7-14-31-26(34)36-27(3,4)5)16-21(23)24(32-22)18-8-10-19(28)11-9-18;1-2-4-3-5/h8-13,16,22,29-30H,6-7,14-15H2,1-5H3,(H,31,34);3H,2H2,1H3,(H,4,5)/t22-;/m0./s1. The Morgan fingerprint density at radius 2 is 1.85 bits per heavy atom. The first kappa shape index (κ1) is 33.3. The number of nitrogens with zero attached hydrogens (tertiary/aromatic N) is 2. The molecule has 1 atom stereocenters. The van der Waals surface area contributed by atoms with Crippen molar-refractivity contribution in [2.45, 2.75) is 66.0 Å². The van der Waals surface area contributed by atoms with Crippen molar-refractivity contribution in [2.75, 3.05) is 24.6 Å². The third-order valence-corrected chi connectivity index (χ3v) is 5.94. The molecule has 2 aromatic rings. The number of halogens is 1. The number of hydrogen-bond acceptors (Lipinski definition) is 7. The van der Waals surface area contributed by atoms with Crippen molar-refractivity contribution in [3.63, 3.8) is 0 Å². The molecule has 222 valence electrons. The second-order valence-corrected chi connectivity index (χ2v) is 10.6. The van der Waals surface area contributed by atoms with E-state index >= 15 is 0 Å². The van der Waals surface area contributed by atoms with Gasteiger partial charge >= 0.3 is 6.09 Å². The van der Waals surface area contributed by atoms with Gasteiger partial charge in [0.05, 0.1) is 18.0 Å². The molecule has 0 aliphatic carbocycles. The van der Waals surface area contributed by atoms with Crippen LogP contribution in [-0.2, 0) is 9.53 Å². The van der Waals surface area contributed by atoms with Crippen LogP contribution in [-0.4, -0.2) is 61.2 Å². The van der Waals surface area contributed by atoms with Crippen molar-refractivity contribution in [2.24, 2.45) is 4.99 Å². The van der Waals surface area contributed by atoms with E-state index in [0.29, 0.717) is 48.9 Å². The molecule has 0 unspecified atom stereocenters. The fourth-order valence-electron chi connectivity index (χ4n) is 3.89. The molecule has 10 nitrogen and oxygen atoms in total. The fourth-order valence-corrected chi connectivity index (χ4v) is 4.01. The maximum Gasteiger partial charge on any atom is 0.407 e. The molecule has 0 bridgehead atoms. The number of alkyl carbamates (subject to hydrolysis) is 1. The van der Waals surface area contributed by atoms with Crippen LogP contribution in [0.1, 0.15) is 65.5 Å². The molecule has 0 fully saturated rings. The van der Waals surface area contributed by atoms with Crippen LogP contribution in [0.3, 0.4) is 0 Å². The summed E-state index contributed by atoms with van der Waals surface area (Å²) < 4.78 is 11.2. The number of amides is 2. The van der Waals surface area contributed by atoms with E-state index in [-0.39, 0.29) is 11.7 Å². The van der Waals surface area contributed by atoms with Crippen molar-refractivity contribution in [3.8, 4) is 5.75 Å². The lowest BCUT2D eigenvalue weighted by atomic mass is 9.99. The van der Waals surface area contributed by atoms with E-state index in [0.717, 1.165) is 23.4 Å². The van der Waals surface area contributed by atoms with Gasteiger partial charge in [-0.15, -0.1) is 0 Å². The number of rotatable bonds is 9. The molecule has 0 spiro atoms. The molecule has 11 heteroatoms. The van der Waals surface area contributed by atoms with Gasteiger partial charge in [0.25, 0.3) is 0 Å². The molecule has 1 aliphatic rings. The van der Waals surface area contributed by atoms with E-state index in [9.17, 15) is 9.59 Å². The first-order chi connectivity index (χ1) is 19.4. The Hall–Kier alpha value is -3.92. The lowest BCUT2D eigenvalue weighted by Crippen LogP contribution is -2.40. The quantitative estimate of drug-likeness (QED) is 0.128. The van der Waals surface area contributed by atoms with Gasteiger partial charge in [0.2, 0.25) is 6.41 Å². The van der Waals surface area contributed by atoms with Crippen LogP contribution in [0.15, 0.2) is 47.5 Å². The number of hydrogen-bond donors (Lipinski definition) is 4. The van der Waals surface area contributed by atoms with Gasteiger partial charge in [-0.25, -0.2) is 4.79 Å². The highest BCUT2D eigenvalue weighted by atomic mass is 35.5. The second kappa shape index (κ2) is 15.8. The van der Waals surface area contributed by atoms with Crippen LogP contribution < -0.4 is 20.3 Å². The summed E-state index contributed by atoms with van der Waals surface area (Å²) in [6.07, 6.45) is 1.45. The number of carbonyl (C=O) groups is 2. The SMILES string of the molecule is CCNC=O.CC[C@@H]1N=C(c2ccc(Cl)cc2)c2cc(OCCCNC(=O)OC(C)(C)C)ccc2N(C(C)=N)C1=N. The van der Waals surface area contributed by atoms with Crippen LogP contribution in [0.5, 0.6) is 5.75 Å². The molecule has 1 heterocycles. The molecule has 4 N–H and O–H groups in total. The molecule has 3 rings (SSSR count). The summed E-state index contributed by atoms with van der Waals surface area (Å²) in [7, 11) is 0. The van der Waals surface area contributed by atoms with Gasteiger partial charge in [0.15, 0.2) is 0 Å². The number of amidine groups is 2. The third kappa shape index (κ3) is 10.2. The molecule has 1 aliphatic heterocycles. The summed E-state index contributed by atoms with van der Waals surface area (Å²) in [5.41, 5.74) is 2.53. The number of carbonyl (C=O) groups excluding carboxylic acids is 2. The molecule has 0 saturated carbocycles. The lowest BCUT2D eigenvalue weighted by Gasteiger charge is -2.26. The van der Waals surface area contributed by atoms with Crippen molar-refractivity contribution in [1.82, 2.24) is 10.6 Å². The van der Waals surface area contributed by atoms with Crippen molar-refractivity contribution in [1.29, 1.82) is 10.8 Å². The molecule has 41 heavy (non-hydrogen) atoms. The average molecular weight is 585 g/mol. The minimum Gasteiger partial charge on any atom is -0.494 e. The van der Waals surface area contributed by atoms with Crippen LogP contribution in [0.2, 0.25) is 5.02 Å². The van der Waals surface area contributed by atoms with Gasteiger partial charge in [0.1, 0.15) is 29.1 Å². The number of fused-ring (bicyclic) bond motifs is 1. The van der Waals surface area contributed by atoms with Crippen molar-refractivity contribution >= 4 is 47.2 Å². The smallest absolute Gasteiger partial charge is 0.407 e. The largest absolute Gasteiger partial charge is 0.494 e. The lowest BCUT2D eigenvalue weighted by molar-refractivity contribution is -0.109. The first-order valence-electron chi connectivity index (χ1n) is 13.6. The van der Waals surface area contributed by atoms with Crippen LogP contribution in [0, 0.1) is 10.8 Å². The normalized spacial score (nSPS) is 14.4. The average Bonchev–Trinajstić information content (AvgIpc) is 3.02. The Labute approximate surface area is 247 Å². The van der Waals surface area contributed by atoms with E-state index in [1.54, 1.807) is 11.8 Å². The number of aliphatic imine (C=N–C) groups is 1. The maximum atomic E-state index is 11.8. The molecule has 2 amide bonds. The Bertz CT molecular complexity index is 1240. The summed E-state index contributed by atoms with van der Waals surface area (Å²) >= 11 is 6.12. The number of benzene rings is 2. The van der Waals surface area contributed by atoms with Crippen molar-refractivity contribution < 1.29 is 19.1 Å². The zero-order valence-corrected chi connectivity index (χ0v) is 25.4. The molecule has 0 radical (unpaired) electrons. The van der Waals surface area contributed by atoms with E-state index in [4.69, 9.17) is 36.9 Å². The first-order valence-corrected chi connectivity index (χ1v) is 14.0. The number of nitrogens with one attached hydrogen (secondary N) is 4. The Morgan fingerprint density at radius 3 is 2.39 bits per heavy atom. The monoisotopic (exact) mass is 584 g/mol. The fraction of sp³-hybridized carbons (Fsp3) is 0.433. The zero-order chi connectivity index (χ0) is 30.6. The van der Waals surface area contributed by atoms with Crippen LogP contribution >= 0.6 is 11.6 Å². The van der Waals surface area contributed by atoms with E-state index < -0.39 is 17.7 Å². The molecule has 0 aromatic heterocycles. The predicted octanol–water partition coefficient (Wildman–Crippen LogP) is 5.80. The summed E-state index contributed by atoms with van der Waals surface area (Å²) in [5.74, 6) is 1.14. The number of ether oxygens (including phenoxy) is 2. The number of anilines is 1. The summed E-state index contributed by atoms with van der Waals surface area (Å²) in [6, 6.07) is 12.6. The Kier molecular flexibility index (Phi) is 12.8. The molecule has 0 saturated heterocycles. The minimum atomic E-state index is -0.540. The maximum absolute atomic E-state index is 11.8. The summed E-state index contributed by atoms with van der Waals surface area (Å²) in [6.45, 7) is 12.5. The zero-order valence-electron chi connectivity index (χ0n) is 24.6. The van der Waals surface area contributed by atoms with E-state index in [2.05, 4.69) is 10.6 Å². The van der Waals surface area contributed by atoms with Gasteiger partial charge in [-0.05, 0) is 77.8 Å². The van der Waals surface area contributed by atoms with Gasteiger partial charge in [-0.2, -0.15) is 0 Å². The van der Waals surface area contributed by atoms with Crippen LogP contribution in [0.25, 0.3) is 0 Å². The van der Waals surface area contributed by atoms with E-state index in [1.165, 1.54) is 0 Å². The number of benzodiazepines with no additional fused rings is 1. The third-order valence-electron chi connectivity index (χ3n) is 5.69. The highest BCUT2D eigenvalue weighted by Gasteiger charge is 2.30. The Balaban J connectivity index is 0.00000108.